The molecule has 0 bridgehead atoms. The van der Waals surface area contributed by atoms with E-state index in [1.807, 2.05) is 43.6 Å². The molecule has 2 saturated heterocycles. The summed E-state index contributed by atoms with van der Waals surface area (Å²) in [5.41, 5.74) is 2.96. The zero-order chi connectivity index (χ0) is 32.5. The average molecular weight is 641 g/mol. The van der Waals surface area contributed by atoms with Crippen LogP contribution in [0.1, 0.15) is 49.8 Å². The number of hydrogen-bond acceptors (Lipinski definition) is 9. The van der Waals surface area contributed by atoms with Crippen LogP contribution in [0.25, 0.3) is 10.9 Å². The van der Waals surface area contributed by atoms with Gasteiger partial charge in [0.2, 0.25) is 5.88 Å². The normalized spacial score (nSPS) is 20.4. The maximum absolute atomic E-state index is 15.9. The van der Waals surface area contributed by atoms with E-state index in [2.05, 4.69) is 53.0 Å². The molecule has 4 aromatic rings. The molecule has 1 saturated carbocycles. The highest BCUT2D eigenvalue weighted by molar-refractivity contribution is 5.84. The predicted molar refractivity (Wildman–Crippen MR) is 184 cm³/mol. The van der Waals surface area contributed by atoms with Crippen LogP contribution < -0.4 is 30.6 Å². The fourth-order valence-corrected chi connectivity index (χ4v) is 7.11. The van der Waals surface area contributed by atoms with Gasteiger partial charge in [0.25, 0.3) is 0 Å². The molecule has 7 rings (SSSR count). The molecule has 1 aliphatic carbocycles. The first-order valence-electron chi connectivity index (χ1n) is 16.8. The van der Waals surface area contributed by atoms with E-state index < -0.39 is 5.66 Å². The van der Waals surface area contributed by atoms with Gasteiger partial charge >= 0.3 is 0 Å². The molecule has 3 aromatic heterocycles. The molecule has 2 atom stereocenters. The lowest BCUT2D eigenvalue weighted by molar-refractivity contribution is 0.231. The van der Waals surface area contributed by atoms with Crippen LogP contribution >= 0.6 is 0 Å². The Morgan fingerprint density at radius 3 is 2.62 bits per heavy atom. The lowest BCUT2D eigenvalue weighted by Gasteiger charge is -2.41. The second-order valence-electron chi connectivity index (χ2n) is 13.4. The molecule has 3 fully saturated rings. The van der Waals surface area contributed by atoms with Gasteiger partial charge in [-0.3, -0.25) is 20.4 Å². The number of rotatable bonds is 10. The van der Waals surface area contributed by atoms with Gasteiger partial charge in [-0.15, -0.1) is 0 Å². The summed E-state index contributed by atoms with van der Waals surface area (Å²) < 4.78 is 23.5. The van der Waals surface area contributed by atoms with E-state index in [0.717, 1.165) is 81.7 Å². The number of piperazine rings is 1. The van der Waals surface area contributed by atoms with Crippen molar-refractivity contribution in [3.63, 3.8) is 0 Å². The Morgan fingerprint density at radius 2 is 1.87 bits per heavy atom. The molecule has 0 amide bonds. The van der Waals surface area contributed by atoms with Gasteiger partial charge in [0.05, 0.1) is 41.4 Å². The highest BCUT2D eigenvalue weighted by Gasteiger charge is 2.36. The molecule has 3 aliphatic rings. The van der Waals surface area contributed by atoms with E-state index in [1.54, 1.807) is 19.5 Å². The Morgan fingerprint density at radius 1 is 1.04 bits per heavy atom. The summed E-state index contributed by atoms with van der Waals surface area (Å²) in [7, 11) is 3.69. The third kappa shape index (κ3) is 6.70. The number of benzene rings is 1. The van der Waals surface area contributed by atoms with Gasteiger partial charge in [0, 0.05) is 87.9 Å². The fourth-order valence-electron chi connectivity index (χ4n) is 7.11. The van der Waals surface area contributed by atoms with Gasteiger partial charge in [-0.1, -0.05) is 0 Å². The molecular weight excluding hydrogens is 595 g/mol. The molecule has 10 nitrogen and oxygen atoms in total. The van der Waals surface area contributed by atoms with Crippen molar-refractivity contribution in [2.75, 3.05) is 63.2 Å². The van der Waals surface area contributed by atoms with Gasteiger partial charge in [0.15, 0.2) is 5.43 Å². The maximum Gasteiger partial charge on any atom is 0.213 e. The third-order valence-corrected chi connectivity index (χ3v) is 10.0. The quantitative estimate of drug-likeness (QED) is 0.247. The first-order chi connectivity index (χ1) is 22.8. The lowest BCUT2D eigenvalue weighted by Crippen LogP contribution is -2.60. The van der Waals surface area contributed by atoms with Gasteiger partial charge in [-0.2, -0.15) is 0 Å². The van der Waals surface area contributed by atoms with E-state index in [1.165, 1.54) is 6.07 Å². The molecule has 1 unspecified atom stereocenters. The van der Waals surface area contributed by atoms with Gasteiger partial charge in [-0.25, -0.2) is 9.37 Å². The van der Waals surface area contributed by atoms with Crippen LogP contribution in [0.5, 0.6) is 5.88 Å². The fraction of sp³-hybridized carbons (Fsp3) is 0.472. The summed E-state index contributed by atoms with van der Waals surface area (Å²) >= 11 is 0. The van der Waals surface area contributed by atoms with E-state index in [4.69, 9.17) is 4.74 Å². The van der Waals surface area contributed by atoms with Crippen LogP contribution in [0.15, 0.2) is 66.0 Å². The van der Waals surface area contributed by atoms with Gasteiger partial charge in [0.1, 0.15) is 5.82 Å². The number of methoxy groups -OCH3 is 1. The summed E-state index contributed by atoms with van der Waals surface area (Å²) in [4.78, 5) is 29.9. The summed E-state index contributed by atoms with van der Waals surface area (Å²) in [6.07, 6.45) is 11.5. The molecule has 2 aliphatic heterocycles. The topological polar surface area (TPSA) is 90.8 Å². The molecule has 248 valence electrons. The molecule has 5 heterocycles. The number of aromatic nitrogens is 3. The largest absolute Gasteiger partial charge is 0.481 e. The van der Waals surface area contributed by atoms with Crippen molar-refractivity contribution >= 4 is 22.3 Å². The van der Waals surface area contributed by atoms with E-state index in [-0.39, 0.29) is 23.3 Å². The summed E-state index contributed by atoms with van der Waals surface area (Å²) in [5.74, 6) is 0.191. The van der Waals surface area contributed by atoms with Crippen LogP contribution in [0.2, 0.25) is 0 Å². The number of likely N-dealkylation sites (N-methyl/N-ethyl adjacent to an activating group) is 1. The van der Waals surface area contributed by atoms with Crippen molar-refractivity contribution in [3.8, 4) is 5.88 Å². The van der Waals surface area contributed by atoms with Crippen LogP contribution in [0, 0.1) is 5.82 Å². The van der Waals surface area contributed by atoms with Crippen molar-refractivity contribution in [1.29, 1.82) is 0 Å². The molecule has 1 aromatic carbocycles. The predicted octanol–water partition coefficient (Wildman–Crippen LogP) is 4.25. The molecule has 11 heteroatoms. The number of nitrogens with one attached hydrogen (secondary N) is 2. The smallest absolute Gasteiger partial charge is 0.213 e. The number of fused-ring (bicyclic) bond motifs is 1. The van der Waals surface area contributed by atoms with Crippen LogP contribution in [0.4, 0.5) is 15.8 Å². The first-order valence-corrected chi connectivity index (χ1v) is 16.8. The minimum Gasteiger partial charge on any atom is -0.481 e. The monoisotopic (exact) mass is 640 g/mol. The standard InChI is InChI=1S/C36H45FN8O2/c1-36(40-21-25-10-12-39-34(18-25)47-3,41-26-6-5-13-44(23-26)28-7-4-11-38-22-28)30-24-45(27-8-9-27)32-20-33(31(37)19-29(32)35(30)46)43-16-14-42(2)15-17-43/h4,7,10-12,18-20,22,24,26-27,40-41H,5-6,8-9,13-17,21,23H2,1-3H3/t26-,36?/m0/s1. The Kier molecular flexibility index (Phi) is 8.87. The van der Waals surface area contributed by atoms with Crippen LogP contribution in [0.3, 0.4) is 0 Å². The van der Waals surface area contributed by atoms with E-state index in [9.17, 15) is 4.79 Å². The number of ether oxygens (including phenoxy) is 1. The molecule has 2 N–H and O–H groups in total. The molecule has 0 radical (unpaired) electrons. The molecule has 0 spiro atoms. The van der Waals surface area contributed by atoms with Gasteiger partial charge < -0.3 is 24.0 Å². The maximum atomic E-state index is 15.9. The van der Waals surface area contributed by atoms with Crippen molar-refractivity contribution in [2.24, 2.45) is 0 Å². The average Bonchev–Trinajstić information content (AvgIpc) is 3.94. The second kappa shape index (κ2) is 13.2. The number of piperidine rings is 1. The number of anilines is 2. The number of halogens is 1. The molecule has 47 heavy (non-hydrogen) atoms. The van der Waals surface area contributed by atoms with Crippen molar-refractivity contribution < 1.29 is 9.13 Å². The highest BCUT2D eigenvalue weighted by Crippen LogP contribution is 2.39. The minimum atomic E-state index is -0.923. The van der Waals surface area contributed by atoms with E-state index >= 15 is 4.39 Å². The van der Waals surface area contributed by atoms with Crippen molar-refractivity contribution in [1.82, 2.24) is 30.1 Å². The first kappa shape index (κ1) is 31.5. The van der Waals surface area contributed by atoms with Crippen molar-refractivity contribution in [2.45, 2.75) is 56.9 Å². The SMILES string of the molecule is COc1cc(CNC(C)(N[C@H]2CCCN(c3cccnc3)C2)c2cn(C3CC3)c3cc(N4CCN(C)CC4)c(F)cc3c2=O)ccn1. The number of pyridine rings is 3. The Bertz CT molecular complexity index is 1770. The minimum absolute atomic E-state index is 0.0919. The Hall–Kier alpha value is -4.06. The summed E-state index contributed by atoms with van der Waals surface area (Å²) in [5, 5.41) is 8.01. The van der Waals surface area contributed by atoms with E-state index in [0.29, 0.717) is 29.1 Å². The second-order valence-corrected chi connectivity index (χ2v) is 13.4. The zero-order valence-corrected chi connectivity index (χ0v) is 27.6. The lowest BCUT2D eigenvalue weighted by atomic mass is 9.95. The third-order valence-electron chi connectivity index (χ3n) is 10.0. The summed E-state index contributed by atoms with van der Waals surface area (Å²) in [6.45, 7) is 7.52. The van der Waals surface area contributed by atoms with Gasteiger partial charge in [-0.05, 0) is 75.5 Å². The highest BCUT2D eigenvalue weighted by atomic mass is 19.1. The number of nitrogens with zero attached hydrogens (tertiary/aromatic N) is 6. The van der Waals surface area contributed by atoms with Crippen molar-refractivity contribution in [3.05, 3.63) is 88.4 Å². The Balaban J connectivity index is 1.28. The Labute approximate surface area is 275 Å². The molecular formula is C36H45FN8O2. The zero-order valence-electron chi connectivity index (χ0n) is 27.6. The summed E-state index contributed by atoms with van der Waals surface area (Å²) in [6, 6.07) is 11.7. The van der Waals surface area contributed by atoms with Crippen LogP contribution in [-0.4, -0.2) is 78.9 Å². The van der Waals surface area contributed by atoms with Crippen LogP contribution in [-0.2, 0) is 12.2 Å². The number of hydrogen-bond donors (Lipinski definition) is 2.